The Labute approximate surface area is 114 Å². The molecular weight excluding hydrogens is 240 g/mol. The van der Waals surface area contributed by atoms with Gasteiger partial charge in [-0.3, -0.25) is 0 Å². The summed E-state index contributed by atoms with van der Waals surface area (Å²) in [6.45, 7) is 5.79. The van der Waals surface area contributed by atoms with Crippen molar-refractivity contribution in [1.29, 1.82) is 0 Å². The highest BCUT2D eigenvalue weighted by molar-refractivity contribution is 5.57. The molecule has 3 rings (SSSR count). The molecule has 2 unspecified atom stereocenters. The first-order chi connectivity index (χ1) is 9.28. The Bertz CT molecular complexity index is 450. The summed E-state index contributed by atoms with van der Waals surface area (Å²) < 4.78 is 11.2. The fourth-order valence-corrected chi connectivity index (χ4v) is 3.04. The zero-order valence-electron chi connectivity index (χ0n) is 11.7. The van der Waals surface area contributed by atoms with Crippen LogP contribution in [-0.4, -0.2) is 39.4 Å². The Morgan fingerprint density at radius 2 is 2.00 bits per heavy atom. The van der Waals surface area contributed by atoms with Crippen molar-refractivity contribution in [1.82, 2.24) is 5.32 Å². The van der Waals surface area contributed by atoms with Crippen molar-refractivity contribution < 1.29 is 9.47 Å². The van der Waals surface area contributed by atoms with Crippen LogP contribution in [0.5, 0.6) is 11.5 Å². The fourth-order valence-electron chi connectivity index (χ4n) is 3.04. The van der Waals surface area contributed by atoms with Crippen molar-refractivity contribution in [3.05, 3.63) is 18.2 Å². The molecule has 1 N–H and O–H groups in total. The molecule has 2 atom stereocenters. The van der Waals surface area contributed by atoms with E-state index in [1.54, 1.807) is 0 Å². The van der Waals surface area contributed by atoms with E-state index in [1.807, 2.05) is 6.07 Å². The Morgan fingerprint density at radius 1 is 1.21 bits per heavy atom. The average molecular weight is 262 g/mol. The summed E-state index contributed by atoms with van der Waals surface area (Å²) >= 11 is 0. The second-order valence-electron chi connectivity index (χ2n) is 5.44. The molecule has 1 fully saturated rings. The number of hydrogen-bond donors (Lipinski definition) is 1. The number of piperidine rings is 1. The first-order valence-electron chi connectivity index (χ1n) is 7.10. The van der Waals surface area contributed by atoms with E-state index < -0.39 is 0 Å². The minimum absolute atomic E-state index is 0.633. The zero-order valence-corrected chi connectivity index (χ0v) is 11.7. The Morgan fingerprint density at radius 3 is 2.74 bits per heavy atom. The molecule has 19 heavy (non-hydrogen) atoms. The lowest BCUT2D eigenvalue weighted by Crippen LogP contribution is -2.47. The topological polar surface area (TPSA) is 33.7 Å². The predicted molar refractivity (Wildman–Crippen MR) is 76.3 cm³/mol. The lowest BCUT2D eigenvalue weighted by atomic mass is 9.93. The van der Waals surface area contributed by atoms with Crippen molar-refractivity contribution in [2.45, 2.75) is 19.4 Å². The van der Waals surface area contributed by atoms with Crippen LogP contribution < -0.4 is 19.7 Å². The van der Waals surface area contributed by atoms with Crippen LogP contribution in [0.25, 0.3) is 0 Å². The molecular formula is C15H22N2O2. The molecule has 4 nitrogen and oxygen atoms in total. The van der Waals surface area contributed by atoms with Gasteiger partial charge in [0.25, 0.3) is 0 Å². The van der Waals surface area contributed by atoms with Crippen molar-refractivity contribution in [2.75, 3.05) is 38.3 Å². The van der Waals surface area contributed by atoms with Gasteiger partial charge in [0.05, 0.1) is 0 Å². The highest BCUT2D eigenvalue weighted by Gasteiger charge is 2.25. The van der Waals surface area contributed by atoms with Gasteiger partial charge in [-0.1, -0.05) is 6.92 Å². The summed E-state index contributed by atoms with van der Waals surface area (Å²) in [4.78, 5) is 2.44. The third-order valence-electron chi connectivity index (χ3n) is 4.17. The van der Waals surface area contributed by atoms with Gasteiger partial charge in [-0.15, -0.1) is 0 Å². The minimum Gasteiger partial charge on any atom is -0.486 e. The van der Waals surface area contributed by atoms with Gasteiger partial charge in [0.2, 0.25) is 0 Å². The number of ether oxygens (including phenoxy) is 2. The van der Waals surface area contributed by atoms with E-state index in [4.69, 9.17) is 9.47 Å². The predicted octanol–water partition coefficient (Wildman–Crippen LogP) is 1.89. The van der Waals surface area contributed by atoms with Gasteiger partial charge in [-0.25, -0.2) is 0 Å². The van der Waals surface area contributed by atoms with E-state index in [0.29, 0.717) is 25.2 Å². The van der Waals surface area contributed by atoms with Crippen molar-refractivity contribution >= 4 is 5.69 Å². The maximum atomic E-state index is 5.66. The Balaban J connectivity index is 1.76. The number of fused-ring (bicyclic) bond motifs is 1. The minimum atomic E-state index is 0.633. The van der Waals surface area contributed by atoms with Gasteiger partial charge >= 0.3 is 0 Å². The number of hydrogen-bond acceptors (Lipinski definition) is 4. The second kappa shape index (κ2) is 5.29. The molecule has 2 heterocycles. The van der Waals surface area contributed by atoms with Gasteiger partial charge in [-0.2, -0.15) is 0 Å². The molecule has 0 bridgehead atoms. The van der Waals surface area contributed by atoms with Crippen LogP contribution >= 0.6 is 0 Å². The monoisotopic (exact) mass is 262 g/mol. The van der Waals surface area contributed by atoms with E-state index in [0.717, 1.165) is 24.6 Å². The van der Waals surface area contributed by atoms with E-state index in [1.165, 1.54) is 12.1 Å². The van der Waals surface area contributed by atoms with E-state index in [-0.39, 0.29) is 0 Å². The van der Waals surface area contributed by atoms with Crippen LogP contribution in [0.1, 0.15) is 13.3 Å². The molecule has 0 spiro atoms. The SMILES string of the molecule is CNC1CCN(c2ccc3c(c2)OCCO3)CC1C. The van der Waals surface area contributed by atoms with Crippen molar-refractivity contribution in [2.24, 2.45) is 5.92 Å². The van der Waals surface area contributed by atoms with Gasteiger partial charge in [0.15, 0.2) is 11.5 Å². The summed E-state index contributed by atoms with van der Waals surface area (Å²) in [6.07, 6.45) is 1.19. The largest absolute Gasteiger partial charge is 0.486 e. The first kappa shape index (κ1) is 12.6. The van der Waals surface area contributed by atoms with E-state index in [2.05, 4.69) is 36.3 Å². The highest BCUT2D eigenvalue weighted by Crippen LogP contribution is 2.35. The molecule has 0 amide bonds. The Hall–Kier alpha value is -1.42. The van der Waals surface area contributed by atoms with Crippen molar-refractivity contribution in [3.8, 4) is 11.5 Å². The molecule has 1 aromatic rings. The summed E-state index contributed by atoms with van der Waals surface area (Å²) in [5, 5.41) is 3.40. The van der Waals surface area contributed by atoms with Crippen molar-refractivity contribution in [3.63, 3.8) is 0 Å². The summed E-state index contributed by atoms with van der Waals surface area (Å²) in [5.74, 6) is 2.41. The van der Waals surface area contributed by atoms with E-state index >= 15 is 0 Å². The normalized spacial score (nSPS) is 26.3. The van der Waals surface area contributed by atoms with Crippen LogP contribution in [0.15, 0.2) is 18.2 Å². The molecule has 2 aliphatic rings. The average Bonchev–Trinajstić information content (AvgIpc) is 2.46. The third-order valence-corrected chi connectivity index (χ3v) is 4.17. The number of nitrogens with zero attached hydrogens (tertiary/aromatic N) is 1. The lowest BCUT2D eigenvalue weighted by molar-refractivity contribution is 0.171. The number of nitrogens with one attached hydrogen (secondary N) is 1. The molecule has 0 aliphatic carbocycles. The van der Waals surface area contributed by atoms with Gasteiger partial charge in [-0.05, 0) is 31.5 Å². The van der Waals surface area contributed by atoms with Crippen LogP contribution in [0.2, 0.25) is 0 Å². The quantitative estimate of drug-likeness (QED) is 0.882. The van der Waals surface area contributed by atoms with Crippen LogP contribution in [0, 0.1) is 5.92 Å². The second-order valence-corrected chi connectivity index (χ2v) is 5.44. The summed E-state index contributed by atoms with van der Waals surface area (Å²) in [5.41, 5.74) is 1.24. The molecule has 1 aromatic carbocycles. The summed E-state index contributed by atoms with van der Waals surface area (Å²) in [7, 11) is 2.06. The molecule has 0 aromatic heterocycles. The summed E-state index contributed by atoms with van der Waals surface area (Å²) in [6, 6.07) is 6.91. The lowest BCUT2D eigenvalue weighted by Gasteiger charge is -2.38. The fraction of sp³-hybridized carbons (Fsp3) is 0.600. The molecule has 104 valence electrons. The number of rotatable bonds is 2. The third kappa shape index (κ3) is 2.50. The molecule has 1 saturated heterocycles. The van der Waals surface area contributed by atoms with Crippen LogP contribution in [0.3, 0.4) is 0 Å². The number of anilines is 1. The van der Waals surface area contributed by atoms with Gasteiger partial charge in [0.1, 0.15) is 13.2 Å². The first-order valence-corrected chi connectivity index (χ1v) is 7.10. The van der Waals surface area contributed by atoms with Gasteiger partial charge < -0.3 is 19.7 Å². The van der Waals surface area contributed by atoms with Crippen LogP contribution in [0.4, 0.5) is 5.69 Å². The number of benzene rings is 1. The molecule has 0 saturated carbocycles. The van der Waals surface area contributed by atoms with E-state index in [9.17, 15) is 0 Å². The maximum absolute atomic E-state index is 5.66. The molecule has 4 heteroatoms. The maximum Gasteiger partial charge on any atom is 0.163 e. The Kier molecular flexibility index (Phi) is 3.51. The standard InChI is InChI=1S/C15H22N2O2/c1-11-10-17(6-5-13(11)16-2)12-3-4-14-15(9-12)19-8-7-18-14/h3-4,9,11,13,16H,5-8,10H2,1-2H3. The van der Waals surface area contributed by atoms with Gasteiger partial charge in [0, 0.05) is 30.9 Å². The molecule has 2 aliphatic heterocycles. The van der Waals surface area contributed by atoms with Crippen LogP contribution in [-0.2, 0) is 0 Å². The highest BCUT2D eigenvalue weighted by atomic mass is 16.6. The molecule has 0 radical (unpaired) electrons. The smallest absolute Gasteiger partial charge is 0.163 e. The zero-order chi connectivity index (χ0) is 13.2.